The Morgan fingerprint density at radius 2 is 1.94 bits per heavy atom. The summed E-state index contributed by atoms with van der Waals surface area (Å²) < 4.78 is 2.08. The van der Waals surface area contributed by atoms with E-state index in [9.17, 15) is 4.79 Å². The largest absolute Gasteiger partial charge is 0.288 e. The van der Waals surface area contributed by atoms with E-state index in [2.05, 4.69) is 6.92 Å². The van der Waals surface area contributed by atoms with Crippen LogP contribution in [-0.4, -0.2) is 0 Å². The molecule has 0 fully saturated rings. The zero-order chi connectivity index (χ0) is 12.7. The molecule has 3 heteroatoms. The molecule has 0 spiro atoms. The topological polar surface area (TPSA) is 17.1 Å². The van der Waals surface area contributed by atoms with Crippen LogP contribution in [0.3, 0.4) is 0 Å². The number of hydrogen-bond acceptors (Lipinski definition) is 2. The molecule has 0 saturated carbocycles. The van der Waals surface area contributed by atoms with Crippen molar-refractivity contribution in [2.24, 2.45) is 0 Å². The first-order chi connectivity index (χ1) is 8.72. The zero-order valence-electron chi connectivity index (χ0n) is 9.90. The first-order valence-electron chi connectivity index (χ1n) is 5.87. The van der Waals surface area contributed by atoms with Gasteiger partial charge in [-0.25, -0.2) is 0 Å². The van der Waals surface area contributed by atoms with Gasteiger partial charge in [-0.2, -0.15) is 0 Å². The van der Waals surface area contributed by atoms with Crippen molar-refractivity contribution < 1.29 is 11.6 Å². The lowest BCUT2D eigenvalue weighted by Crippen LogP contribution is -2.03. The number of aryl methyl sites for hydroxylation is 1. The van der Waals surface area contributed by atoms with Crippen molar-refractivity contribution in [1.29, 1.82) is 0 Å². The summed E-state index contributed by atoms with van der Waals surface area (Å²) in [6, 6.07) is 11.6. The van der Waals surface area contributed by atoms with Crippen molar-refractivity contribution >= 4 is 31.5 Å². The average molecular weight is 276 g/mol. The van der Waals surface area contributed by atoms with Gasteiger partial charge in [-0.15, -0.1) is 11.3 Å². The maximum atomic E-state index is 12.5. The predicted octanol–water partition coefficient (Wildman–Crippen LogP) is 3.67. The highest BCUT2D eigenvalue weighted by Crippen LogP contribution is 2.30. The second kappa shape index (κ2) is 4.38. The number of halogens is 1. The van der Waals surface area contributed by atoms with Crippen LogP contribution in [0.1, 0.15) is 12.5 Å². The third-order valence-electron chi connectivity index (χ3n) is 3.15. The molecule has 0 aliphatic rings. The maximum Gasteiger partial charge on any atom is 0.238 e. The van der Waals surface area contributed by atoms with Gasteiger partial charge >= 0.3 is 0 Å². The Balaban J connectivity index is 2.63. The molecule has 1 aromatic heterocycles. The second-order valence-electron chi connectivity index (χ2n) is 4.21. The maximum absolute atomic E-state index is 12.5. The van der Waals surface area contributed by atoms with Gasteiger partial charge in [0.25, 0.3) is 0 Å². The fraction of sp³-hybridized carbons (Fsp3) is 0.133. The van der Waals surface area contributed by atoms with Crippen LogP contribution in [0.2, 0.25) is 5.02 Å². The first kappa shape index (κ1) is 11.7. The molecule has 0 atom stereocenters. The minimum atomic E-state index is 0.0691. The predicted molar refractivity (Wildman–Crippen MR) is 75.5 cm³/mol. The molecular weight excluding hydrogens is 264 g/mol. The SMILES string of the molecule is CCc1ccc([ClH+])c2c(=O)c3ccccc3sc12. The molecule has 90 valence electrons. The average Bonchev–Trinajstić information content (AvgIpc) is 2.39. The van der Waals surface area contributed by atoms with Gasteiger partial charge < -0.3 is 0 Å². The van der Waals surface area contributed by atoms with Crippen LogP contribution >= 0.6 is 11.3 Å². The summed E-state index contributed by atoms with van der Waals surface area (Å²) in [5.74, 6) is 0. The molecule has 0 N–H and O–H groups in total. The number of rotatable bonds is 1. The van der Waals surface area contributed by atoms with E-state index in [0.717, 1.165) is 21.2 Å². The summed E-state index contributed by atoms with van der Waals surface area (Å²) in [6.45, 7) is 2.10. The van der Waals surface area contributed by atoms with Crippen LogP contribution in [0.5, 0.6) is 0 Å². The Morgan fingerprint density at radius 3 is 2.72 bits per heavy atom. The van der Waals surface area contributed by atoms with Gasteiger partial charge in [0.2, 0.25) is 10.5 Å². The molecule has 0 radical (unpaired) electrons. The van der Waals surface area contributed by atoms with Gasteiger partial charge in [0.1, 0.15) is 5.39 Å². The fourth-order valence-electron chi connectivity index (χ4n) is 2.21. The summed E-state index contributed by atoms with van der Waals surface area (Å²) in [4.78, 5) is 12.5. The Hall–Kier alpha value is -1.38. The molecule has 1 heterocycles. The van der Waals surface area contributed by atoms with Gasteiger partial charge in [0, 0.05) is 20.9 Å². The van der Waals surface area contributed by atoms with E-state index in [4.69, 9.17) is 11.6 Å². The highest BCUT2D eigenvalue weighted by atomic mass is 35.5. The molecule has 0 amide bonds. The van der Waals surface area contributed by atoms with Gasteiger partial charge in [0.05, 0.1) is 0 Å². The highest BCUT2D eigenvalue weighted by molar-refractivity contribution is 7.24. The van der Waals surface area contributed by atoms with E-state index < -0.39 is 0 Å². The molecule has 2 aromatic carbocycles. The van der Waals surface area contributed by atoms with E-state index in [0.29, 0.717) is 10.4 Å². The van der Waals surface area contributed by atoms with Crippen molar-refractivity contribution in [2.75, 3.05) is 0 Å². The Labute approximate surface area is 114 Å². The van der Waals surface area contributed by atoms with Crippen LogP contribution in [-0.2, 0) is 6.42 Å². The second-order valence-corrected chi connectivity index (χ2v) is 5.70. The Morgan fingerprint density at radius 1 is 1.17 bits per heavy atom. The van der Waals surface area contributed by atoms with Crippen LogP contribution in [0.4, 0.5) is 0 Å². The summed E-state index contributed by atoms with van der Waals surface area (Å²) in [5, 5.41) is 2.15. The van der Waals surface area contributed by atoms with Gasteiger partial charge in [-0.05, 0) is 24.1 Å². The molecule has 3 rings (SSSR count). The molecule has 0 bridgehead atoms. The molecule has 1 nitrogen and oxygen atoms in total. The minimum absolute atomic E-state index is 0.0691. The van der Waals surface area contributed by atoms with Crippen molar-refractivity contribution in [3.05, 3.63) is 57.2 Å². The summed E-state index contributed by atoms with van der Waals surface area (Å²) in [6.07, 6.45) is 0.917. The molecule has 0 aliphatic carbocycles. The summed E-state index contributed by atoms with van der Waals surface area (Å²) in [5.41, 5.74) is 1.27. The highest BCUT2D eigenvalue weighted by Gasteiger charge is 2.15. The van der Waals surface area contributed by atoms with Gasteiger partial charge in [-0.3, -0.25) is 4.79 Å². The third kappa shape index (κ3) is 1.64. The van der Waals surface area contributed by atoms with E-state index in [1.807, 2.05) is 36.4 Å². The van der Waals surface area contributed by atoms with Crippen LogP contribution in [0.15, 0.2) is 41.2 Å². The van der Waals surface area contributed by atoms with Gasteiger partial charge in [-0.1, -0.05) is 25.1 Å². The molecule has 0 unspecified atom stereocenters. The molecule has 18 heavy (non-hydrogen) atoms. The third-order valence-corrected chi connectivity index (χ3v) is 4.74. The van der Waals surface area contributed by atoms with Crippen LogP contribution in [0, 0.1) is 11.6 Å². The van der Waals surface area contributed by atoms with Crippen molar-refractivity contribution in [2.45, 2.75) is 13.3 Å². The number of hydrogen-bond donors (Lipinski definition) is 0. The molecular formula is C15H12ClOS+. The molecule has 0 saturated heterocycles. The van der Waals surface area contributed by atoms with E-state index in [1.54, 1.807) is 11.3 Å². The number of benzene rings is 2. The van der Waals surface area contributed by atoms with E-state index in [1.165, 1.54) is 5.56 Å². The Bertz CT molecular complexity index is 805. The smallest absolute Gasteiger partial charge is 0.238 e. The van der Waals surface area contributed by atoms with Crippen molar-refractivity contribution in [3.63, 3.8) is 0 Å². The normalized spacial score (nSPS) is 11.2. The summed E-state index contributed by atoms with van der Waals surface area (Å²) in [7, 11) is 0. The molecule has 3 aromatic rings. The zero-order valence-corrected chi connectivity index (χ0v) is 11.5. The lowest BCUT2D eigenvalue weighted by atomic mass is 10.1. The van der Waals surface area contributed by atoms with E-state index in [-0.39, 0.29) is 5.43 Å². The number of fused-ring (bicyclic) bond motifs is 2. The quantitative estimate of drug-likeness (QED) is 0.619. The monoisotopic (exact) mass is 275 g/mol. The molecule has 0 aliphatic heterocycles. The summed E-state index contributed by atoms with van der Waals surface area (Å²) >= 11 is 6.98. The van der Waals surface area contributed by atoms with Crippen molar-refractivity contribution in [1.82, 2.24) is 0 Å². The van der Waals surface area contributed by atoms with Crippen LogP contribution in [0.25, 0.3) is 20.2 Å². The minimum Gasteiger partial charge on any atom is -0.288 e. The Kier molecular flexibility index (Phi) is 2.84. The van der Waals surface area contributed by atoms with Gasteiger partial charge in [0.15, 0.2) is 11.6 Å². The first-order valence-corrected chi connectivity index (χ1v) is 7.09. The van der Waals surface area contributed by atoms with Crippen molar-refractivity contribution in [3.8, 4) is 0 Å². The van der Waals surface area contributed by atoms with E-state index >= 15 is 0 Å². The fourth-order valence-corrected chi connectivity index (χ4v) is 3.82. The van der Waals surface area contributed by atoms with Crippen LogP contribution < -0.4 is 5.43 Å². The lowest BCUT2D eigenvalue weighted by Gasteiger charge is -2.04. The standard InChI is InChI=1S/C15H12ClOS/c1-2-9-7-8-11(16)13-14(17)10-5-3-4-6-12(10)18-15(9)13/h3-8,16H,2H2,1H3/q+1. The lowest BCUT2D eigenvalue weighted by molar-refractivity contribution is -0.286.